The van der Waals surface area contributed by atoms with Gasteiger partial charge in [-0.1, -0.05) is 20.8 Å². The fourth-order valence-electron chi connectivity index (χ4n) is 2.83. The second-order valence-electron chi connectivity index (χ2n) is 6.59. The minimum absolute atomic E-state index is 0.00617. The van der Waals surface area contributed by atoms with Gasteiger partial charge < -0.3 is 10.2 Å². The Morgan fingerprint density at radius 3 is 2.61 bits per heavy atom. The molecule has 1 aliphatic rings. The van der Waals surface area contributed by atoms with Crippen molar-refractivity contribution in [3.05, 3.63) is 0 Å². The minimum atomic E-state index is 0.00617. The van der Waals surface area contributed by atoms with Gasteiger partial charge in [0.25, 0.3) is 0 Å². The van der Waals surface area contributed by atoms with E-state index in [4.69, 9.17) is 5.26 Å². The van der Waals surface area contributed by atoms with Gasteiger partial charge in [0, 0.05) is 6.54 Å². The van der Waals surface area contributed by atoms with Crippen LogP contribution in [-0.2, 0) is 0 Å². The fraction of sp³-hybridized carbons (Fsp3) is 0.933. The normalized spacial score (nSPS) is 24.3. The Bertz CT molecular complexity index is 274. The zero-order valence-corrected chi connectivity index (χ0v) is 12.5. The summed E-state index contributed by atoms with van der Waals surface area (Å²) < 4.78 is 0. The van der Waals surface area contributed by atoms with Gasteiger partial charge >= 0.3 is 0 Å². The van der Waals surface area contributed by atoms with Crippen LogP contribution in [0.4, 0.5) is 0 Å². The highest BCUT2D eigenvalue weighted by atomic mass is 15.1. The van der Waals surface area contributed by atoms with E-state index in [1.165, 1.54) is 32.4 Å². The van der Waals surface area contributed by atoms with Gasteiger partial charge in [0.2, 0.25) is 0 Å². The number of nitriles is 1. The highest BCUT2D eigenvalue weighted by Gasteiger charge is 2.26. The predicted octanol–water partition coefficient (Wildman–Crippen LogP) is 2.64. The molecule has 18 heavy (non-hydrogen) atoms. The molecule has 0 bridgehead atoms. The zero-order valence-electron chi connectivity index (χ0n) is 12.5. The number of likely N-dealkylation sites (tertiary alicyclic amines) is 1. The maximum atomic E-state index is 8.93. The van der Waals surface area contributed by atoms with Gasteiger partial charge in [-0.3, -0.25) is 0 Å². The van der Waals surface area contributed by atoms with Crippen LogP contribution in [0.2, 0.25) is 0 Å². The van der Waals surface area contributed by atoms with E-state index >= 15 is 0 Å². The number of hydrogen-bond donors (Lipinski definition) is 1. The van der Waals surface area contributed by atoms with Crippen LogP contribution in [0.1, 0.15) is 46.5 Å². The smallest absolute Gasteiger partial charge is 0.0962 e. The molecule has 3 nitrogen and oxygen atoms in total. The van der Waals surface area contributed by atoms with Crippen LogP contribution >= 0.6 is 0 Å². The average Bonchev–Trinajstić information content (AvgIpc) is 2.55. The maximum Gasteiger partial charge on any atom is 0.0962 e. The molecule has 104 valence electrons. The summed E-state index contributed by atoms with van der Waals surface area (Å²) in [6.07, 6.45) is 4.90. The third-order valence-electron chi connectivity index (χ3n) is 4.28. The molecule has 1 rings (SSSR count). The zero-order chi connectivity index (χ0) is 13.6. The Labute approximate surface area is 113 Å². The lowest BCUT2D eigenvalue weighted by molar-refractivity contribution is 0.207. The molecule has 3 heteroatoms. The van der Waals surface area contributed by atoms with Crippen molar-refractivity contribution in [2.24, 2.45) is 11.3 Å². The van der Waals surface area contributed by atoms with Crippen LogP contribution in [0.3, 0.4) is 0 Å². The summed E-state index contributed by atoms with van der Waals surface area (Å²) in [6, 6.07) is 2.31. The van der Waals surface area contributed by atoms with Crippen LogP contribution < -0.4 is 5.32 Å². The second kappa shape index (κ2) is 7.11. The van der Waals surface area contributed by atoms with Crippen molar-refractivity contribution in [1.82, 2.24) is 10.2 Å². The van der Waals surface area contributed by atoms with E-state index in [0.29, 0.717) is 5.41 Å². The first-order valence-corrected chi connectivity index (χ1v) is 7.26. The summed E-state index contributed by atoms with van der Waals surface area (Å²) in [5.74, 6) is 0.846. The Balaban J connectivity index is 2.36. The van der Waals surface area contributed by atoms with Crippen molar-refractivity contribution >= 4 is 0 Å². The average molecular weight is 251 g/mol. The molecule has 0 radical (unpaired) electrons. The third kappa shape index (κ3) is 4.96. The minimum Gasteiger partial charge on any atom is -0.305 e. The Hall–Kier alpha value is -0.590. The lowest BCUT2D eigenvalue weighted by atomic mass is 9.77. The lowest BCUT2D eigenvalue weighted by Gasteiger charge is -2.29. The van der Waals surface area contributed by atoms with Crippen LogP contribution in [-0.4, -0.2) is 37.6 Å². The summed E-state index contributed by atoms with van der Waals surface area (Å²) in [7, 11) is 1.87. The maximum absolute atomic E-state index is 8.93. The molecule has 1 heterocycles. The summed E-state index contributed by atoms with van der Waals surface area (Å²) in [6.45, 7) is 10.5. The van der Waals surface area contributed by atoms with Gasteiger partial charge in [-0.2, -0.15) is 5.26 Å². The molecule has 2 unspecified atom stereocenters. The largest absolute Gasteiger partial charge is 0.305 e. The molecule has 0 spiro atoms. The van der Waals surface area contributed by atoms with Crippen LogP contribution in [0.5, 0.6) is 0 Å². The second-order valence-corrected chi connectivity index (χ2v) is 6.59. The summed E-state index contributed by atoms with van der Waals surface area (Å²) in [5.41, 5.74) is 0.441. The van der Waals surface area contributed by atoms with Crippen molar-refractivity contribution in [3.8, 4) is 6.07 Å². The van der Waals surface area contributed by atoms with Crippen LogP contribution in [0.25, 0.3) is 0 Å². The topological polar surface area (TPSA) is 39.1 Å². The van der Waals surface area contributed by atoms with Crippen molar-refractivity contribution in [1.29, 1.82) is 5.26 Å². The summed E-state index contributed by atoms with van der Waals surface area (Å²) >= 11 is 0. The summed E-state index contributed by atoms with van der Waals surface area (Å²) in [4.78, 5) is 2.54. The molecular formula is C15H29N3. The molecule has 0 amide bonds. The Kier molecular flexibility index (Phi) is 6.11. The Morgan fingerprint density at radius 2 is 2.06 bits per heavy atom. The monoisotopic (exact) mass is 251 g/mol. The molecule has 1 N–H and O–H groups in total. The number of hydrogen-bond acceptors (Lipinski definition) is 3. The first-order chi connectivity index (χ1) is 8.47. The van der Waals surface area contributed by atoms with Gasteiger partial charge in [-0.15, -0.1) is 0 Å². The van der Waals surface area contributed by atoms with E-state index in [9.17, 15) is 0 Å². The first kappa shape index (κ1) is 15.5. The molecule has 0 aromatic rings. The quantitative estimate of drug-likeness (QED) is 0.835. The molecule has 1 saturated heterocycles. The van der Waals surface area contributed by atoms with E-state index in [1.54, 1.807) is 0 Å². The van der Waals surface area contributed by atoms with Gasteiger partial charge in [-0.25, -0.2) is 0 Å². The van der Waals surface area contributed by atoms with Crippen molar-refractivity contribution < 1.29 is 0 Å². The molecule has 0 aliphatic carbocycles. The molecule has 0 saturated carbocycles. The standard InChI is InChI=1S/C15H29N3/c1-15(2,3)13-6-5-9-18(10-7-13)11-8-14(12-16)17-4/h13-14,17H,5-11H2,1-4H3. The van der Waals surface area contributed by atoms with Crippen LogP contribution in [0, 0.1) is 22.7 Å². The van der Waals surface area contributed by atoms with Gasteiger partial charge in [0.1, 0.15) is 0 Å². The van der Waals surface area contributed by atoms with Crippen molar-refractivity contribution in [2.75, 3.05) is 26.7 Å². The SMILES string of the molecule is CNC(C#N)CCN1CCCC(C(C)(C)C)CC1. The number of nitrogens with one attached hydrogen (secondary N) is 1. The third-order valence-corrected chi connectivity index (χ3v) is 4.28. The molecule has 1 fully saturated rings. The van der Waals surface area contributed by atoms with Crippen molar-refractivity contribution in [3.63, 3.8) is 0 Å². The van der Waals surface area contributed by atoms with Gasteiger partial charge in [0.15, 0.2) is 0 Å². The fourth-order valence-corrected chi connectivity index (χ4v) is 2.83. The van der Waals surface area contributed by atoms with Crippen LogP contribution in [0.15, 0.2) is 0 Å². The van der Waals surface area contributed by atoms with E-state index in [0.717, 1.165) is 18.9 Å². The van der Waals surface area contributed by atoms with E-state index in [1.807, 2.05) is 7.05 Å². The summed E-state index contributed by atoms with van der Waals surface area (Å²) in [5, 5.41) is 12.0. The lowest BCUT2D eigenvalue weighted by Crippen LogP contribution is -2.32. The predicted molar refractivity (Wildman–Crippen MR) is 76.3 cm³/mol. The Morgan fingerprint density at radius 1 is 1.33 bits per heavy atom. The van der Waals surface area contributed by atoms with E-state index in [2.05, 4.69) is 37.1 Å². The van der Waals surface area contributed by atoms with E-state index in [-0.39, 0.29) is 6.04 Å². The van der Waals surface area contributed by atoms with Gasteiger partial charge in [-0.05, 0) is 57.2 Å². The van der Waals surface area contributed by atoms with E-state index < -0.39 is 0 Å². The highest BCUT2D eigenvalue weighted by molar-refractivity contribution is 4.89. The molecule has 0 aromatic carbocycles. The molecular weight excluding hydrogens is 222 g/mol. The van der Waals surface area contributed by atoms with Gasteiger partial charge in [0.05, 0.1) is 12.1 Å². The molecule has 2 atom stereocenters. The molecule has 1 aliphatic heterocycles. The molecule has 0 aromatic heterocycles. The number of rotatable bonds is 4. The highest BCUT2D eigenvalue weighted by Crippen LogP contribution is 2.34. The van der Waals surface area contributed by atoms with Crippen molar-refractivity contribution in [2.45, 2.75) is 52.5 Å². The first-order valence-electron chi connectivity index (χ1n) is 7.26. The number of nitrogens with zero attached hydrogens (tertiary/aromatic N) is 2.